The van der Waals surface area contributed by atoms with Gasteiger partial charge in [0.1, 0.15) is 12.3 Å². The largest absolute Gasteiger partial charge is 0.444 e. The molecule has 7 heteroatoms. The summed E-state index contributed by atoms with van der Waals surface area (Å²) >= 11 is 0. The zero-order valence-electron chi connectivity index (χ0n) is 19.4. The van der Waals surface area contributed by atoms with Crippen LogP contribution in [0.15, 0.2) is 24.4 Å². The average molecular weight is 432 g/mol. The molecule has 1 unspecified atom stereocenters. The molecule has 1 aliphatic heterocycles. The van der Waals surface area contributed by atoms with Crippen LogP contribution in [0.1, 0.15) is 32.9 Å². The van der Waals surface area contributed by atoms with Gasteiger partial charge in [0.2, 0.25) is 0 Å². The van der Waals surface area contributed by atoms with Gasteiger partial charge in [0.25, 0.3) is 0 Å². The van der Waals surface area contributed by atoms with E-state index in [1.807, 2.05) is 37.9 Å². The summed E-state index contributed by atoms with van der Waals surface area (Å²) in [4.78, 5) is 18.8. The lowest BCUT2D eigenvalue weighted by Gasteiger charge is -2.24. The predicted molar refractivity (Wildman–Crippen MR) is 123 cm³/mol. The van der Waals surface area contributed by atoms with Gasteiger partial charge < -0.3 is 18.9 Å². The zero-order chi connectivity index (χ0) is 21.9. The van der Waals surface area contributed by atoms with E-state index in [2.05, 4.69) is 41.3 Å². The molecule has 0 N–H and O–H groups in total. The van der Waals surface area contributed by atoms with Gasteiger partial charge in [0.15, 0.2) is 0 Å². The van der Waals surface area contributed by atoms with E-state index in [4.69, 9.17) is 9.47 Å². The molecule has 0 saturated carbocycles. The highest BCUT2D eigenvalue weighted by molar-refractivity contribution is 6.76. The molecule has 0 bridgehead atoms. The lowest BCUT2D eigenvalue weighted by Crippen LogP contribution is -2.35. The number of hydrogen-bond donors (Lipinski definition) is 0. The number of carbonyl (C=O) groups is 1. The first-order valence-corrected chi connectivity index (χ1v) is 14.7. The van der Waals surface area contributed by atoms with Crippen molar-refractivity contribution in [1.29, 1.82) is 0 Å². The quantitative estimate of drug-likeness (QED) is 0.449. The topological polar surface area (TPSA) is 56.6 Å². The molecule has 1 saturated heterocycles. The number of hydrogen-bond acceptors (Lipinski definition) is 4. The number of amides is 1. The van der Waals surface area contributed by atoms with Crippen molar-refractivity contribution in [2.75, 3.05) is 19.7 Å². The zero-order valence-corrected chi connectivity index (χ0v) is 20.4. The molecule has 166 valence electrons. The summed E-state index contributed by atoms with van der Waals surface area (Å²) in [6.45, 7) is 15.7. The molecule has 2 aromatic heterocycles. The Morgan fingerprint density at radius 1 is 1.30 bits per heavy atom. The van der Waals surface area contributed by atoms with Crippen LogP contribution in [0.3, 0.4) is 0 Å². The van der Waals surface area contributed by atoms with E-state index in [9.17, 15) is 4.79 Å². The molecule has 1 atom stereocenters. The third-order valence-corrected chi connectivity index (χ3v) is 7.11. The van der Waals surface area contributed by atoms with Gasteiger partial charge in [-0.1, -0.05) is 19.6 Å². The molecule has 1 amide bonds. The standard InChI is InChI=1S/C23H37N3O3Si/c1-23(2,3)29-22(27)25-11-9-18(16-25)14-19-15-20-21(8-7-10-24-20)26(19)17-28-12-13-30(4,5)6/h7-8,10,15,18H,9,11-14,16-17H2,1-6H3. The Morgan fingerprint density at radius 3 is 2.77 bits per heavy atom. The van der Waals surface area contributed by atoms with Crippen LogP contribution in [0.5, 0.6) is 0 Å². The molecule has 1 aliphatic rings. The first-order valence-electron chi connectivity index (χ1n) is 11.0. The molecular weight excluding hydrogens is 394 g/mol. The van der Waals surface area contributed by atoms with Gasteiger partial charge in [-0.05, 0) is 63.8 Å². The monoisotopic (exact) mass is 431 g/mol. The molecule has 1 fully saturated rings. The van der Waals surface area contributed by atoms with Crippen LogP contribution in [0, 0.1) is 5.92 Å². The fourth-order valence-electron chi connectivity index (χ4n) is 3.78. The summed E-state index contributed by atoms with van der Waals surface area (Å²) in [5.41, 5.74) is 2.89. The molecule has 0 radical (unpaired) electrons. The van der Waals surface area contributed by atoms with E-state index in [-0.39, 0.29) is 6.09 Å². The Morgan fingerprint density at radius 2 is 2.07 bits per heavy atom. The van der Waals surface area contributed by atoms with Crippen molar-refractivity contribution in [2.45, 2.75) is 71.6 Å². The van der Waals surface area contributed by atoms with E-state index < -0.39 is 13.7 Å². The maximum absolute atomic E-state index is 12.4. The Hall–Kier alpha value is -1.86. The molecule has 2 aromatic rings. The van der Waals surface area contributed by atoms with E-state index in [1.54, 1.807) is 0 Å². The number of likely N-dealkylation sites (tertiary alicyclic amines) is 1. The lowest BCUT2D eigenvalue weighted by atomic mass is 10.0. The van der Waals surface area contributed by atoms with Crippen molar-refractivity contribution >= 4 is 25.2 Å². The maximum Gasteiger partial charge on any atom is 0.410 e. The van der Waals surface area contributed by atoms with Crippen molar-refractivity contribution in [3.05, 3.63) is 30.1 Å². The molecule has 0 aromatic carbocycles. The highest BCUT2D eigenvalue weighted by Crippen LogP contribution is 2.26. The third-order valence-electron chi connectivity index (χ3n) is 5.41. The predicted octanol–water partition coefficient (Wildman–Crippen LogP) is 5.15. The Bertz CT molecular complexity index is 867. The van der Waals surface area contributed by atoms with E-state index in [0.29, 0.717) is 12.6 Å². The van der Waals surface area contributed by atoms with Crippen LogP contribution in [0.25, 0.3) is 11.0 Å². The SMILES string of the molecule is CC(C)(C)OC(=O)N1CCC(Cc2cc3ncccc3n2COCC[Si](C)(C)C)C1. The summed E-state index contributed by atoms with van der Waals surface area (Å²) in [5.74, 6) is 0.419. The van der Waals surface area contributed by atoms with Crippen molar-refractivity contribution < 1.29 is 14.3 Å². The average Bonchev–Trinajstić information content (AvgIpc) is 3.21. The van der Waals surface area contributed by atoms with Gasteiger partial charge in [0.05, 0.1) is 11.0 Å². The van der Waals surface area contributed by atoms with Crippen LogP contribution in [-0.4, -0.2) is 53.9 Å². The Labute approximate surface area is 181 Å². The molecular formula is C23H37N3O3Si. The van der Waals surface area contributed by atoms with Crippen molar-refractivity contribution in [1.82, 2.24) is 14.5 Å². The highest BCUT2D eigenvalue weighted by Gasteiger charge is 2.30. The van der Waals surface area contributed by atoms with Crippen molar-refractivity contribution in [2.24, 2.45) is 5.92 Å². The number of pyridine rings is 1. The third kappa shape index (κ3) is 6.32. The Balaban J connectivity index is 1.66. The van der Waals surface area contributed by atoms with Crippen molar-refractivity contribution in [3.63, 3.8) is 0 Å². The first-order chi connectivity index (χ1) is 14.0. The molecule has 0 spiro atoms. The number of carbonyl (C=O) groups excluding carboxylic acids is 1. The number of ether oxygens (including phenoxy) is 2. The summed E-state index contributed by atoms with van der Waals surface area (Å²) < 4.78 is 13.9. The van der Waals surface area contributed by atoms with Gasteiger partial charge in [-0.15, -0.1) is 0 Å². The summed E-state index contributed by atoms with van der Waals surface area (Å²) in [6.07, 6.45) is 3.53. The van der Waals surface area contributed by atoms with E-state index >= 15 is 0 Å². The van der Waals surface area contributed by atoms with Gasteiger partial charge >= 0.3 is 6.09 Å². The minimum atomic E-state index is -1.11. The molecule has 6 nitrogen and oxygen atoms in total. The fraction of sp³-hybridized carbons (Fsp3) is 0.652. The van der Waals surface area contributed by atoms with Gasteiger partial charge in [-0.2, -0.15) is 0 Å². The Kier molecular flexibility index (Phi) is 6.92. The second-order valence-corrected chi connectivity index (χ2v) is 16.2. The molecule has 30 heavy (non-hydrogen) atoms. The fourth-order valence-corrected chi connectivity index (χ4v) is 4.54. The van der Waals surface area contributed by atoms with Gasteiger partial charge in [0, 0.05) is 39.7 Å². The summed E-state index contributed by atoms with van der Waals surface area (Å²) in [6, 6.07) is 7.42. The number of rotatable bonds is 7. The summed E-state index contributed by atoms with van der Waals surface area (Å²) in [5, 5.41) is 0. The van der Waals surface area contributed by atoms with Gasteiger partial charge in [-0.3, -0.25) is 4.98 Å². The maximum atomic E-state index is 12.4. The molecule has 3 heterocycles. The minimum absolute atomic E-state index is 0.207. The minimum Gasteiger partial charge on any atom is -0.444 e. The van der Waals surface area contributed by atoms with E-state index in [0.717, 1.165) is 49.6 Å². The first kappa shape index (κ1) is 22.8. The normalized spacial score (nSPS) is 17.7. The van der Waals surface area contributed by atoms with Gasteiger partial charge in [-0.25, -0.2) is 4.79 Å². The van der Waals surface area contributed by atoms with Crippen LogP contribution in [0.4, 0.5) is 4.79 Å². The number of aromatic nitrogens is 2. The van der Waals surface area contributed by atoms with Crippen LogP contribution < -0.4 is 0 Å². The number of fused-ring (bicyclic) bond motifs is 1. The second kappa shape index (κ2) is 9.10. The van der Waals surface area contributed by atoms with Crippen LogP contribution in [-0.2, 0) is 22.6 Å². The van der Waals surface area contributed by atoms with E-state index in [1.165, 1.54) is 5.69 Å². The number of nitrogens with zero attached hydrogens (tertiary/aromatic N) is 3. The smallest absolute Gasteiger partial charge is 0.410 e. The highest BCUT2D eigenvalue weighted by atomic mass is 28.3. The van der Waals surface area contributed by atoms with Crippen LogP contribution in [0.2, 0.25) is 25.7 Å². The lowest BCUT2D eigenvalue weighted by molar-refractivity contribution is 0.0287. The van der Waals surface area contributed by atoms with Crippen LogP contribution >= 0.6 is 0 Å². The second-order valence-electron chi connectivity index (χ2n) is 10.6. The molecule has 0 aliphatic carbocycles. The molecule has 3 rings (SSSR count). The van der Waals surface area contributed by atoms with Crippen molar-refractivity contribution in [3.8, 4) is 0 Å². The summed E-state index contributed by atoms with van der Waals surface area (Å²) in [7, 11) is -1.11.